The highest BCUT2D eigenvalue weighted by molar-refractivity contribution is 9.10. The van der Waals surface area contributed by atoms with Gasteiger partial charge < -0.3 is 5.32 Å². The van der Waals surface area contributed by atoms with Crippen LogP contribution < -0.4 is 5.32 Å². The summed E-state index contributed by atoms with van der Waals surface area (Å²) in [6.07, 6.45) is 2.18. The van der Waals surface area contributed by atoms with Crippen molar-refractivity contribution in [1.82, 2.24) is 4.98 Å². The van der Waals surface area contributed by atoms with Crippen LogP contribution in [-0.2, 0) is 6.42 Å². The van der Waals surface area contributed by atoms with Gasteiger partial charge in [0.1, 0.15) is 5.52 Å². The molecule has 0 amide bonds. The number of hydrogen-bond donors (Lipinski definition) is 1. The highest BCUT2D eigenvalue weighted by Crippen LogP contribution is 2.39. The van der Waals surface area contributed by atoms with Crippen LogP contribution in [0.3, 0.4) is 0 Å². The number of aryl methyl sites for hydroxylation is 1. The third kappa shape index (κ3) is 2.35. The molecule has 1 aromatic heterocycles. The smallest absolute Gasteiger partial charge is 0.106 e. The molecule has 1 unspecified atom stereocenters. The summed E-state index contributed by atoms with van der Waals surface area (Å²) in [6.45, 7) is 0. The Balaban J connectivity index is 1.74. The summed E-state index contributed by atoms with van der Waals surface area (Å²) in [6, 6.07) is 10.8. The molecule has 4 rings (SSSR count). The van der Waals surface area contributed by atoms with Gasteiger partial charge in [0.05, 0.1) is 27.0 Å². The summed E-state index contributed by atoms with van der Waals surface area (Å²) < 4.78 is 2.30. The second kappa shape index (κ2) is 5.27. The lowest BCUT2D eigenvalue weighted by atomic mass is 10.1. The maximum Gasteiger partial charge on any atom is 0.106 e. The van der Waals surface area contributed by atoms with E-state index in [2.05, 4.69) is 44.4 Å². The van der Waals surface area contributed by atoms with Gasteiger partial charge >= 0.3 is 0 Å². The van der Waals surface area contributed by atoms with E-state index in [4.69, 9.17) is 11.6 Å². The average molecular weight is 380 g/mol. The molecule has 5 heteroatoms. The molecule has 21 heavy (non-hydrogen) atoms. The molecule has 1 heterocycles. The Morgan fingerprint density at radius 2 is 2.19 bits per heavy atom. The van der Waals surface area contributed by atoms with Gasteiger partial charge in [0.25, 0.3) is 0 Å². The number of hydrogen-bond acceptors (Lipinski definition) is 3. The van der Waals surface area contributed by atoms with Gasteiger partial charge in [-0.15, -0.1) is 11.3 Å². The number of rotatable bonds is 2. The molecule has 0 saturated carbocycles. The van der Waals surface area contributed by atoms with Crippen molar-refractivity contribution >= 4 is 54.8 Å². The van der Waals surface area contributed by atoms with Crippen molar-refractivity contribution in [1.29, 1.82) is 0 Å². The average Bonchev–Trinajstić information content (AvgIpc) is 3.08. The number of halogens is 2. The van der Waals surface area contributed by atoms with Gasteiger partial charge in [-0.25, -0.2) is 4.98 Å². The minimum atomic E-state index is 0.304. The molecule has 0 radical (unpaired) electrons. The van der Waals surface area contributed by atoms with Crippen LogP contribution in [0.5, 0.6) is 0 Å². The van der Waals surface area contributed by atoms with E-state index in [1.165, 1.54) is 11.1 Å². The van der Waals surface area contributed by atoms with Crippen LogP contribution in [0.1, 0.15) is 23.6 Å². The molecule has 0 fully saturated rings. The summed E-state index contributed by atoms with van der Waals surface area (Å²) in [5.41, 5.74) is 6.56. The highest BCUT2D eigenvalue weighted by Gasteiger charge is 2.24. The Morgan fingerprint density at radius 3 is 3.10 bits per heavy atom. The molecule has 2 nitrogen and oxygen atoms in total. The van der Waals surface area contributed by atoms with Gasteiger partial charge in [0.2, 0.25) is 0 Å². The summed E-state index contributed by atoms with van der Waals surface area (Å²) in [5, 5.41) is 4.35. The maximum atomic E-state index is 6.39. The first-order chi connectivity index (χ1) is 10.2. The Hall–Kier alpha value is -1.10. The van der Waals surface area contributed by atoms with E-state index < -0.39 is 0 Å². The molecule has 1 N–H and O–H groups in total. The highest BCUT2D eigenvalue weighted by atomic mass is 79.9. The Morgan fingerprint density at radius 1 is 1.29 bits per heavy atom. The van der Waals surface area contributed by atoms with E-state index in [0.717, 1.165) is 38.2 Å². The minimum Gasteiger partial charge on any atom is -0.375 e. The normalized spacial score (nSPS) is 17.1. The van der Waals surface area contributed by atoms with E-state index in [9.17, 15) is 0 Å². The lowest BCUT2D eigenvalue weighted by molar-refractivity contribution is 0.763. The molecule has 1 aliphatic carbocycles. The van der Waals surface area contributed by atoms with Crippen molar-refractivity contribution in [2.45, 2.75) is 18.9 Å². The number of nitrogens with zero attached hydrogens (tertiary/aromatic N) is 1. The third-order valence-corrected chi connectivity index (χ3v) is 5.56. The molecule has 106 valence electrons. The lowest BCUT2D eigenvalue weighted by Crippen LogP contribution is -2.08. The molecule has 3 aromatic rings. The molecule has 2 aromatic carbocycles. The lowest BCUT2D eigenvalue weighted by Gasteiger charge is -2.17. The number of fused-ring (bicyclic) bond motifs is 2. The number of anilines is 1. The van der Waals surface area contributed by atoms with E-state index in [-0.39, 0.29) is 0 Å². The van der Waals surface area contributed by atoms with Crippen molar-refractivity contribution in [3.05, 3.63) is 56.5 Å². The van der Waals surface area contributed by atoms with Crippen molar-refractivity contribution in [3.8, 4) is 0 Å². The zero-order valence-electron chi connectivity index (χ0n) is 11.1. The van der Waals surface area contributed by atoms with Crippen LogP contribution in [0.15, 0.2) is 40.3 Å². The SMILES string of the molecule is Clc1ccc2scnc2c1NC1CCc2cc(Br)ccc21. The molecule has 0 spiro atoms. The van der Waals surface area contributed by atoms with E-state index in [1.807, 2.05) is 17.6 Å². The molecule has 0 saturated heterocycles. The largest absolute Gasteiger partial charge is 0.375 e. The minimum absolute atomic E-state index is 0.304. The van der Waals surface area contributed by atoms with Gasteiger partial charge in [-0.3, -0.25) is 0 Å². The number of aromatic nitrogens is 1. The third-order valence-electron chi connectivity index (χ3n) is 3.95. The predicted octanol–water partition coefficient (Wildman–Crippen LogP) is 5.81. The first-order valence-electron chi connectivity index (χ1n) is 6.79. The summed E-state index contributed by atoms with van der Waals surface area (Å²) in [5.74, 6) is 0. The van der Waals surface area contributed by atoms with E-state index >= 15 is 0 Å². The first-order valence-corrected chi connectivity index (χ1v) is 8.84. The van der Waals surface area contributed by atoms with E-state index in [1.54, 1.807) is 11.3 Å². The van der Waals surface area contributed by atoms with Crippen molar-refractivity contribution in [2.75, 3.05) is 5.32 Å². The van der Waals surface area contributed by atoms with Crippen LogP contribution in [0.2, 0.25) is 5.02 Å². The van der Waals surface area contributed by atoms with Gasteiger partial charge in [-0.2, -0.15) is 0 Å². The first kappa shape index (κ1) is 13.6. The summed E-state index contributed by atoms with van der Waals surface area (Å²) >= 11 is 11.6. The standard InChI is InChI=1S/C16H12BrClN2S/c17-10-2-3-11-9(7-10)1-5-13(11)20-15-12(18)4-6-14-16(15)19-8-21-14/h2-4,6-8,13,20H,1,5H2. The van der Waals surface area contributed by atoms with Crippen LogP contribution >= 0.6 is 38.9 Å². The zero-order chi connectivity index (χ0) is 14.4. The number of nitrogens with one attached hydrogen (secondary N) is 1. The van der Waals surface area contributed by atoms with E-state index in [0.29, 0.717) is 6.04 Å². The second-order valence-electron chi connectivity index (χ2n) is 5.20. The van der Waals surface area contributed by atoms with Gasteiger partial charge in [0.15, 0.2) is 0 Å². The quantitative estimate of drug-likeness (QED) is 0.607. The van der Waals surface area contributed by atoms with Crippen molar-refractivity contribution in [3.63, 3.8) is 0 Å². The fraction of sp³-hybridized carbons (Fsp3) is 0.188. The number of thiazole rings is 1. The van der Waals surface area contributed by atoms with Crippen molar-refractivity contribution in [2.24, 2.45) is 0 Å². The Bertz CT molecular complexity index is 830. The van der Waals surface area contributed by atoms with Crippen LogP contribution in [0.4, 0.5) is 5.69 Å². The topological polar surface area (TPSA) is 24.9 Å². The van der Waals surface area contributed by atoms with Crippen LogP contribution in [-0.4, -0.2) is 4.98 Å². The molecule has 1 aliphatic rings. The second-order valence-corrected chi connectivity index (χ2v) is 7.41. The fourth-order valence-corrected chi connectivity index (χ4v) is 4.25. The fourth-order valence-electron chi connectivity index (χ4n) is 2.95. The van der Waals surface area contributed by atoms with Gasteiger partial charge in [-0.05, 0) is 48.2 Å². The molecular formula is C16H12BrClN2S. The van der Waals surface area contributed by atoms with Crippen molar-refractivity contribution < 1.29 is 0 Å². The molecule has 0 aliphatic heterocycles. The maximum absolute atomic E-state index is 6.39. The summed E-state index contributed by atoms with van der Waals surface area (Å²) in [7, 11) is 0. The Labute approximate surface area is 140 Å². The molecule has 1 atom stereocenters. The number of benzene rings is 2. The monoisotopic (exact) mass is 378 g/mol. The van der Waals surface area contributed by atoms with Gasteiger partial charge in [-0.1, -0.05) is 33.6 Å². The molecule has 0 bridgehead atoms. The molecular weight excluding hydrogens is 368 g/mol. The van der Waals surface area contributed by atoms with Crippen LogP contribution in [0.25, 0.3) is 10.2 Å². The predicted molar refractivity (Wildman–Crippen MR) is 93.5 cm³/mol. The Kier molecular flexibility index (Phi) is 3.40. The van der Waals surface area contributed by atoms with Crippen LogP contribution in [0, 0.1) is 0 Å². The zero-order valence-corrected chi connectivity index (χ0v) is 14.2. The van der Waals surface area contributed by atoms with Gasteiger partial charge in [0, 0.05) is 4.47 Å². The summed E-state index contributed by atoms with van der Waals surface area (Å²) in [4.78, 5) is 4.46.